The van der Waals surface area contributed by atoms with E-state index in [1.807, 2.05) is 0 Å². The Morgan fingerprint density at radius 1 is 0.909 bits per heavy atom. The molecule has 0 heteroatoms. The summed E-state index contributed by atoms with van der Waals surface area (Å²) in [5, 5.41) is 0. The molecule has 11 heavy (non-hydrogen) atoms. The number of hydrogen-bond donors (Lipinski definition) is 0. The summed E-state index contributed by atoms with van der Waals surface area (Å²) in [6.45, 7) is 9.44. The van der Waals surface area contributed by atoms with Crippen molar-refractivity contribution in [3.8, 4) is 0 Å². The van der Waals surface area contributed by atoms with Gasteiger partial charge in [0.1, 0.15) is 0 Å². The topological polar surface area (TPSA) is 0 Å². The minimum Gasteiger partial charge on any atom is -0.0625 e. The average Bonchev–Trinajstić information content (AvgIpc) is 2.32. The van der Waals surface area contributed by atoms with Crippen LogP contribution in [0.15, 0.2) is 0 Å². The average molecular weight is 153 g/mol. The molecule has 2 atom stereocenters. The Labute approximate surface area is 71.4 Å². The molecule has 0 aromatic heterocycles. The molecule has 0 aliphatic heterocycles. The molecule has 1 aliphatic carbocycles. The summed E-state index contributed by atoms with van der Waals surface area (Å²) in [5.74, 6) is 3.69. The van der Waals surface area contributed by atoms with Crippen molar-refractivity contribution in [1.29, 1.82) is 0 Å². The second kappa shape index (κ2) is 3.60. The van der Waals surface area contributed by atoms with E-state index in [0.717, 1.165) is 23.7 Å². The van der Waals surface area contributed by atoms with Crippen molar-refractivity contribution in [3.05, 3.63) is 6.42 Å². The van der Waals surface area contributed by atoms with Crippen LogP contribution >= 0.6 is 0 Å². The minimum atomic E-state index is 0.876. The van der Waals surface area contributed by atoms with Gasteiger partial charge in [0, 0.05) is 0 Å². The van der Waals surface area contributed by atoms with Crippen LogP contribution in [0.1, 0.15) is 40.5 Å². The lowest BCUT2D eigenvalue weighted by Gasteiger charge is -2.26. The third-order valence-corrected chi connectivity index (χ3v) is 3.14. The van der Waals surface area contributed by atoms with E-state index in [1.165, 1.54) is 12.8 Å². The summed E-state index contributed by atoms with van der Waals surface area (Å²) < 4.78 is 0. The quantitative estimate of drug-likeness (QED) is 0.569. The Hall–Kier alpha value is 0. The van der Waals surface area contributed by atoms with Crippen LogP contribution in [0.3, 0.4) is 0 Å². The first-order valence-electron chi connectivity index (χ1n) is 4.94. The predicted octanol–water partition coefficient (Wildman–Crippen LogP) is 3.53. The molecule has 0 saturated heterocycles. The van der Waals surface area contributed by atoms with E-state index in [2.05, 4.69) is 34.1 Å². The highest BCUT2D eigenvalue weighted by Crippen LogP contribution is 2.40. The number of hydrogen-bond acceptors (Lipinski definition) is 0. The number of rotatable bonds is 2. The van der Waals surface area contributed by atoms with Crippen molar-refractivity contribution in [2.45, 2.75) is 40.5 Å². The summed E-state index contributed by atoms with van der Waals surface area (Å²) in [7, 11) is 0. The van der Waals surface area contributed by atoms with Gasteiger partial charge in [-0.15, -0.1) is 0 Å². The Balaban J connectivity index is 2.51. The summed E-state index contributed by atoms with van der Waals surface area (Å²) in [6.07, 6.45) is 5.20. The molecule has 1 rings (SSSR count). The third-order valence-electron chi connectivity index (χ3n) is 3.14. The molecule has 1 radical (unpaired) electrons. The van der Waals surface area contributed by atoms with Crippen molar-refractivity contribution in [1.82, 2.24) is 0 Å². The molecule has 0 heterocycles. The van der Waals surface area contributed by atoms with E-state index in [1.54, 1.807) is 0 Å². The van der Waals surface area contributed by atoms with Crippen molar-refractivity contribution in [3.63, 3.8) is 0 Å². The van der Waals surface area contributed by atoms with Crippen molar-refractivity contribution in [2.24, 2.45) is 23.7 Å². The van der Waals surface area contributed by atoms with Crippen LogP contribution in [0.25, 0.3) is 0 Å². The lowest BCUT2D eigenvalue weighted by atomic mass is 9.80. The van der Waals surface area contributed by atoms with E-state index >= 15 is 0 Å². The molecule has 0 nitrogen and oxygen atoms in total. The van der Waals surface area contributed by atoms with Crippen LogP contribution in [0, 0.1) is 30.1 Å². The van der Waals surface area contributed by atoms with Gasteiger partial charge < -0.3 is 0 Å². The summed E-state index contributed by atoms with van der Waals surface area (Å²) in [6, 6.07) is 0. The lowest BCUT2D eigenvalue weighted by Crippen LogP contribution is -2.18. The molecule has 0 spiro atoms. The minimum absolute atomic E-state index is 0.876. The van der Waals surface area contributed by atoms with Crippen LogP contribution in [0.4, 0.5) is 0 Å². The molecular formula is C11H21. The fourth-order valence-electron chi connectivity index (χ4n) is 2.36. The molecule has 1 aliphatic rings. The summed E-state index contributed by atoms with van der Waals surface area (Å²) in [5.41, 5.74) is 0. The molecule has 0 aromatic rings. The van der Waals surface area contributed by atoms with Gasteiger partial charge in [-0.05, 0) is 42.9 Å². The predicted molar refractivity (Wildman–Crippen MR) is 50.2 cm³/mol. The fraction of sp³-hybridized carbons (Fsp3) is 0.909. The van der Waals surface area contributed by atoms with E-state index < -0.39 is 0 Å². The first-order chi connectivity index (χ1) is 5.13. The first-order valence-corrected chi connectivity index (χ1v) is 4.94. The summed E-state index contributed by atoms with van der Waals surface area (Å²) in [4.78, 5) is 0. The second-order valence-corrected chi connectivity index (χ2v) is 4.58. The standard InChI is InChI=1S/C11H21/c1-8(2)10-6-5-7-11(10)9(3)4/h5,8-11H,6-7H2,1-4H3. The monoisotopic (exact) mass is 153 g/mol. The second-order valence-electron chi connectivity index (χ2n) is 4.58. The van der Waals surface area contributed by atoms with E-state index in [0.29, 0.717) is 0 Å². The van der Waals surface area contributed by atoms with E-state index in [9.17, 15) is 0 Å². The van der Waals surface area contributed by atoms with Gasteiger partial charge in [-0.25, -0.2) is 0 Å². The zero-order chi connectivity index (χ0) is 8.43. The highest BCUT2D eigenvalue weighted by atomic mass is 14.4. The van der Waals surface area contributed by atoms with Crippen molar-refractivity contribution >= 4 is 0 Å². The van der Waals surface area contributed by atoms with Crippen LogP contribution < -0.4 is 0 Å². The molecule has 1 fully saturated rings. The van der Waals surface area contributed by atoms with Crippen LogP contribution in [-0.4, -0.2) is 0 Å². The first kappa shape index (κ1) is 9.09. The van der Waals surface area contributed by atoms with Gasteiger partial charge in [0.25, 0.3) is 0 Å². The Morgan fingerprint density at radius 2 is 1.27 bits per heavy atom. The third kappa shape index (κ3) is 1.98. The zero-order valence-corrected chi connectivity index (χ0v) is 8.30. The molecule has 1 saturated carbocycles. The van der Waals surface area contributed by atoms with Crippen molar-refractivity contribution < 1.29 is 0 Å². The molecule has 0 N–H and O–H groups in total. The highest BCUT2D eigenvalue weighted by molar-refractivity contribution is 4.90. The normalized spacial score (nSPS) is 32.2. The maximum atomic E-state index is 2.48. The molecule has 2 unspecified atom stereocenters. The maximum absolute atomic E-state index is 2.48. The Bertz CT molecular complexity index is 99.2. The van der Waals surface area contributed by atoms with Gasteiger partial charge in [0.05, 0.1) is 0 Å². The lowest BCUT2D eigenvalue weighted by molar-refractivity contribution is 0.235. The Morgan fingerprint density at radius 3 is 1.55 bits per heavy atom. The smallest absolute Gasteiger partial charge is 0.0357 e. The molecular weight excluding hydrogens is 132 g/mol. The van der Waals surface area contributed by atoms with Gasteiger partial charge in [-0.3, -0.25) is 0 Å². The van der Waals surface area contributed by atoms with Crippen LogP contribution in [0.5, 0.6) is 0 Å². The van der Waals surface area contributed by atoms with Crippen LogP contribution in [-0.2, 0) is 0 Å². The summed E-state index contributed by atoms with van der Waals surface area (Å²) >= 11 is 0. The molecule has 0 bridgehead atoms. The van der Waals surface area contributed by atoms with Gasteiger partial charge in [-0.1, -0.05) is 27.7 Å². The molecule has 65 valence electrons. The van der Waals surface area contributed by atoms with Gasteiger partial charge in [0.15, 0.2) is 0 Å². The van der Waals surface area contributed by atoms with E-state index in [4.69, 9.17) is 0 Å². The van der Waals surface area contributed by atoms with Gasteiger partial charge >= 0.3 is 0 Å². The molecule has 0 amide bonds. The van der Waals surface area contributed by atoms with Crippen LogP contribution in [0.2, 0.25) is 0 Å². The van der Waals surface area contributed by atoms with Gasteiger partial charge in [-0.2, -0.15) is 0 Å². The van der Waals surface area contributed by atoms with Crippen molar-refractivity contribution in [2.75, 3.05) is 0 Å². The Kier molecular flexibility index (Phi) is 2.98. The largest absolute Gasteiger partial charge is 0.0625 e. The maximum Gasteiger partial charge on any atom is -0.0357 e. The SMILES string of the molecule is CC(C)C1C[CH]CC1C(C)C. The highest BCUT2D eigenvalue weighted by Gasteiger charge is 2.31. The molecule has 0 aromatic carbocycles. The fourth-order valence-corrected chi connectivity index (χ4v) is 2.36. The van der Waals surface area contributed by atoms with E-state index in [-0.39, 0.29) is 0 Å². The zero-order valence-electron chi connectivity index (χ0n) is 8.30. The van der Waals surface area contributed by atoms with Gasteiger partial charge in [0.2, 0.25) is 0 Å².